The number of hydrogen-bond acceptors (Lipinski definition) is 4. The Kier molecular flexibility index (Phi) is 8.70. The molecule has 0 aliphatic carbocycles. The van der Waals surface area contributed by atoms with Crippen LogP contribution in [0.5, 0.6) is 5.75 Å². The molecular formula is C29H27F5N2O3. The maximum atomic E-state index is 15.7. The van der Waals surface area contributed by atoms with Crippen molar-refractivity contribution in [1.29, 1.82) is 0 Å². The zero-order chi connectivity index (χ0) is 28.2. The summed E-state index contributed by atoms with van der Waals surface area (Å²) in [5, 5.41) is 10.5. The summed E-state index contributed by atoms with van der Waals surface area (Å²) in [5.41, 5.74) is -0.977. The van der Waals surface area contributed by atoms with Gasteiger partial charge >= 0.3 is 5.97 Å². The van der Waals surface area contributed by atoms with Crippen LogP contribution in [0, 0.1) is 34.7 Å². The van der Waals surface area contributed by atoms with Gasteiger partial charge in [0.15, 0.2) is 0 Å². The van der Waals surface area contributed by atoms with E-state index in [1.165, 1.54) is 13.3 Å². The fraction of sp³-hybridized carbons (Fsp3) is 0.379. The SMILES string of the molecule is COc1ccc2ncc(CF)c(C(F)CCC3(C(=O)O)CCN(CC#Cc4c(F)cc(F)cc4F)CC3)c2c1. The predicted molar refractivity (Wildman–Crippen MR) is 135 cm³/mol. The molecule has 1 aliphatic heterocycles. The molecule has 2 aromatic carbocycles. The second kappa shape index (κ2) is 12.0. The summed E-state index contributed by atoms with van der Waals surface area (Å²) < 4.78 is 75.3. The van der Waals surface area contributed by atoms with Gasteiger partial charge in [-0.2, -0.15) is 0 Å². The Morgan fingerprint density at radius 2 is 1.87 bits per heavy atom. The van der Waals surface area contributed by atoms with E-state index in [-0.39, 0.29) is 43.4 Å². The van der Waals surface area contributed by atoms with Gasteiger partial charge in [0.25, 0.3) is 0 Å². The highest BCUT2D eigenvalue weighted by Crippen LogP contribution is 2.41. The molecule has 39 heavy (non-hydrogen) atoms. The summed E-state index contributed by atoms with van der Waals surface area (Å²) in [5.74, 6) is 1.23. The van der Waals surface area contributed by atoms with Crippen molar-refractivity contribution in [3.63, 3.8) is 0 Å². The fourth-order valence-corrected chi connectivity index (χ4v) is 5.00. The van der Waals surface area contributed by atoms with Crippen LogP contribution in [0.15, 0.2) is 36.5 Å². The number of alkyl halides is 2. The molecule has 1 N–H and O–H groups in total. The number of ether oxygens (including phenoxy) is 1. The first-order valence-corrected chi connectivity index (χ1v) is 12.4. The molecule has 0 spiro atoms. The van der Waals surface area contributed by atoms with E-state index in [2.05, 4.69) is 16.8 Å². The van der Waals surface area contributed by atoms with Crippen LogP contribution in [0.1, 0.15) is 48.5 Å². The van der Waals surface area contributed by atoms with Gasteiger partial charge < -0.3 is 9.84 Å². The normalized spacial score (nSPS) is 15.9. The first-order valence-electron chi connectivity index (χ1n) is 12.4. The summed E-state index contributed by atoms with van der Waals surface area (Å²) in [6.07, 6.45) is 0.0299. The Labute approximate surface area is 222 Å². The molecule has 3 aromatic rings. The first kappa shape index (κ1) is 28.3. The molecule has 1 aliphatic rings. The zero-order valence-corrected chi connectivity index (χ0v) is 21.2. The minimum absolute atomic E-state index is 0.0362. The van der Waals surface area contributed by atoms with Crippen LogP contribution in [0.4, 0.5) is 22.0 Å². The Morgan fingerprint density at radius 3 is 2.49 bits per heavy atom. The summed E-state index contributed by atoms with van der Waals surface area (Å²) in [6.45, 7) is -0.126. The molecule has 1 unspecified atom stereocenters. The van der Waals surface area contributed by atoms with Gasteiger partial charge in [-0.3, -0.25) is 14.7 Å². The van der Waals surface area contributed by atoms with Gasteiger partial charge in [0.05, 0.1) is 30.1 Å². The highest BCUT2D eigenvalue weighted by atomic mass is 19.2. The van der Waals surface area contributed by atoms with Gasteiger partial charge in [-0.15, -0.1) is 0 Å². The van der Waals surface area contributed by atoms with Gasteiger partial charge in [-0.1, -0.05) is 11.8 Å². The third-order valence-corrected chi connectivity index (χ3v) is 7.32. The number of fused-ring (bicyclic) bond motifs is 1. The van der Waals surface area contributed by atoms with Gasteiger partial charge in [0.2, 0.25) is 0 Å². The number of benzene rings is 2. The molecular weight excluding hydrogens is 519 g/mol. The lowest BCUT2D eigenvalue weighted by atomic mass is 9.74. The van der Waals surface area contributed by atoms with E-state index in [0.717, 1.165) is 0 Å². The second-order valence-electron chi connectivity index (χ2n) is 9.63. The lowest BCUT2D eigenvalue weighted by Gasteiger charge is -2.38. The van der Waals surface area contributed by atoms with Crippen LogP contribution >= 0.6 is 0 Å². The van der Waals surface area contributed by atoms with Crippen molar-refractivity contribution in [1.82, 2.24) is 9.88 Å². The largest absolute Gasteiger partial charge is 0.497 e. The monoisotopic (exact) mass is 546 g/mol. The average molecular weight is 547 g/mol. The minimum Gasteiger partial charge on any atom is -0.497 e. The van der Waals surface area contributed by atoms with Crippen molar-refractivity contribution in [3.05, 3.63) is 70.7 Å². The molecule has 206 valence electrons. The van der Waals surface area contributed by atoms with Crippen LogP contribution in [0.3, 0.4) is 0 Å². The van der Waals surface area contributed by atoms with Crippen LogP contribution in [0.2, 0.25) is 0 Å². The number of methoxy groups -OCH3 is 1. The summed E-state index contributed by atoms with van der Waals surface area (Å²) in [7, 11) is 1.47. The molecule has 2 heterocycles. The van der Waals surface area contributed by atoms with E-state index in [9.17, 15) is 27.5 Å². The van der Waals surface area contributed by atoms with E-state index in [1.807, 2.05) is 4.90 Å². The third-order valence-electron chi connectivity index (χ3n) is 7.32. The standard InChI is InChI=1S/C29H27F5N2O3/c1-39-20-4-5-26-22(15-20)27(18(16-30)17-35-26)23(32)6-7-29(28(37)38)8-11-36(12-9-29)10-2-3-21-24(33)13-19(31)14-25(21)34/h4-5,13-15,17,23H,6-12,16H2,1H3,(H,37,38). The highest BCUT2D eigenvalue weighted by molar-refractivity contribution is 5.85. The topological polar surface area (TPSA) is 62.7 Å². The van der Waals surface area contributed by atoms with Crippen LogP contribution in [-0.2, 0) is 11.5 Å². The zero-order valence-electron chi connectivity index (χ0n) is 21.2. The second-order valence-corrected chi connectivity index (χ2v) is 9.63. The quantitative estimate of drug-likeness (QED) is 0.272. The number of pyridine rings is 1. The van der Waals surface area contributed by atoms with E-state index >= 15 is 4.39 Å². The number of hydrogen-bond donors (Lipinski definition) is 1. The van der Waals surface area contributed by atoms with E-state index in [1.54, 1.807) is 18.2 Å². The maximum absolute atomic E-state index is 15.7. The first-order chi connectivity index (χ1) is 18.7. The molecule has 1 fully saturated rings. The van der Waals surface area contributed by atoms with E-state index in [0.29, 0.717) is 41.9 Å². The Balaban J connectivity index is 1.44. The van der Waals surface area contributed by atoms with Crippen molar-refractivity contribution in [2.24, 2.45) is 5.41 Å². The van der Waals surface area contributed by atoms with E-state index < -0.39 is 47.2 Å². The Bertz CT molecular complexity index is 1400. The molecule has 0 saturated carbocycles. The highest BCUT2D eigenvalue weighted by Gasteiger charge is 2.41. The number of aliphatic carboxylic acids is 1. The van der Waals surface area contributed by atoms with Crippen molar-refractivity contribution in [3.8, 4) is 17.6 Å². The van der Waals surface area contributed by atoms with Crippen molar-refractivity contribution in [2.75, 3.05) is 26.7 Å². The molecule has 0 radical (unpaired) electrons. The number of aromatic nitrogens is 1. The van der Waals surface area contributed by atoms with Crippen molar-refractivity contribution < 1.29 is 36.6 Å². The smallest absolute Gasteiger partial charge is 0.309 e. The number of rotatable bonds is 8. The predicted octanol–water partition coefficient (Wildman–Crippen LogP) is 6.14. The number of piperidine rings is 1. The number of carboxylic acid groups (broad SMARTS) is 1. The fourth-order valence-electron chi connectivity index (χ4n) is 5.00. The van der Waals surface area contributed by atoms with Gasteiger partial charge in [-0.05, 0) is 43.9 Å². The third kappa shape index (κ3) is 6.14. The number of nitrogens with zero attached hydrogens (tertiary/aromatic N) is 2. The molecule has 5 nitrogen and oxygen atoms in total. The van der Waals surface area contributed by atoms with E-state index in [4.69, 9.17) is 4.74 Å². The molecule has 0 bridgehead atoms. The average Bonchev–Trinajstić information content (AvgIpc) is 2.92. The Hall–Kier alpha value is -3.71. The molecule has 1 saturated heterocycles. The maximum Gasteiger partial charge on any atom is 0.309 e. The van der Waals surface area contributed by atoms with Crippen LogP contribution < -0.4 is 4.74 Å². The lowest BCUT2D eigenvalue weighted by molar-refractivity contribution is -0.152. The summed E-state index contributed by atoms with van der Waals surface area (Å²) in [6, 6.07) is 6.03. The van der Waals surface area contributed by atoms with Crippen molar-refractivity contribution in [2.45, 2.75) is 38.5 Å². The van der Waals surface area contributed by atoms with Gasteiger partial charge in [-0.25, -0.2) is 22.0 Å². The Morgan fingerprint density at radius 1 is 1.18 bits per heavy atom. The van der Waals surface area contributed by atoms with Gasteiger partial charge in [0, 0.05) is 47.9 Å². The number of carboxylic acids is 1. The molecule has 10 heteroatoms. The summed E-state index contributed by atoms with van der Waals surface area (Å²) >= 11 is 0. The number of carbonyl (C=O) groups is 1. The van der Waals surface area contributed by atoms with Crippen LogP contribution in [-0.4, -0.2) is 47.7 Å². The molecule has 4 rings (SSSR count). The van der Waals surface area contributed by atoms with Crippen LogP contribution in [0.25, 0.3) is 10.9 Å². The lowest BCUT2D eigenvalue weighted by Crippen LogP contribution is -2.44. The summed E-state index contributed by atoms with van der Waals surface area (Å²) in [4.78, 5) is 18.3. The number of halogens is 5. The minimum atomic E-state index is -1.62. The van der Waals surface area contributed by atoms with Crippen molar-refractivity contribution >= 4 is 16.9 Å². The molecule has 0 amide bonds. The van der Waals surface area contributed by atoms with Gasteiger partial charge in [0.1, 0.15) is 36.0 Å². The molecule has 1 aromatic heterocycles. The number of likely N-dealkylation sites (tertiary alicyclic amines) is 1. The molecule has 1 atom stereocenters.